The lowest BCUT2D eigenvalue weighted by Crippen LogP contribution is -2.27. The Morgan fingerprint density at radius 2 is 1.74 bits per heavy atom. The summed E-state index contributed by atoms with van der Waals surface area (Å²) in [6.07, 6.45) is 1.73. The number of hydrogen-bond donors (Lipinski definition) is 0. The number of anilines is 1. The number of rotatable bonds is 6. The molecule has 6 nitrogen and oxygen atoms in total. The minimum Gasteiger partial charge on any atom is -0.497 e. The molecule has 1 saturated heterocycles. The zero-order valence-corrected chi connectivity index (χ0v) is 21.9. The van der Waals surface area contributed by atoms with Crippen molar-refractivity contribution >= 4 is 74.5 Å². The largest absolute Gasteiger partial charge is 0.497 e. The number of thioether (sulfide) groups is 1. The SMILES string of the molecule is COc1ccc(N2C(=O)/C(=C\c3ccc(OC(=O)c4ccccc4I)c(OC)c3)SC2=S)cc1. The molecule has 1 amide bonds. The minimum absolute atomic E-state index is 0.215. The van der Waals surface area contributed by atoms with E-state index in [2.05, 4.69) is 22.6 Å². The second kappa shape index (κ2) is 10.6. The van der Waals surface area contributed by atoms with Crippen molar-refractivity contribution in [3.05, 3.63) is 86.3 Å². The average molecular weight is 603 g/mol. The number of hydrogen-bond acceptors (Lipinski definition) is 7. The Bertz CT molecular complexity index is 1310. The van der Waals surface area contributed by atoms with Crippen molar-refractivity contribution in [2.24, 2.45) is 0 Å². The van der Waals surface area contributed by atoms with E-state index in [0.29, 0.717) is 37.5 Å². The van der Waals surface area contributed by atoms with Gasteiger partial charge in [-0.2, -0.15) is 0 Å². The Morgan fingerprint density at radius 1 is 1.00 bits per heavy atom. The quantitative estimate of drug-likeness (QED) is 0.114. The van der Waals surface area contributed by atoms with Gasteiger partial charge >= 0.3 is 5.97 Å². The maximum Gasteiger partial charge on any atom is 0.344 e. The average Bonchev–Trinajstić information content (AvgIpc) is 3.12. The molecule has 0 atom stereocenters. The summed E-state index contributed by atoms with van der Waals surface area (Å²) in [5.74, 6) is 0.665. The van der Waals surface area contributed by atoms with Gasteiger partial charge in [0.25, 0.3) is 5.91 Å². The van der Waals surface area contributed by atoms with Gasteiger partial charge in [0.2, 0.25) is 0 Å². The fourth-order valence-corrected chi connectivity index (χ4v) is 5.12. The lowest BCUT2D eigenvalue weighted by Gasteiger charge is -2.14. The van der Waals surface area contributed by atoms with E-state index in [1.165, 1.54) is 23.8 Å². The number of benzene rings is 3. The molecule has 0 unspecified atom stereocenters. The Kier molecular flexibility index (Phi) is 7.54. The van der Waals surface area contributed by atoms with Crippen molar-refractivity contribution in [3.8, 4) is 17.2 Å². The summed E-state index contributed by atoms with van der Waals surface area (Å²) in [4.78, 5) is 27.6. The van der Waals surface area contributed by atoms with E-state index in [0.717, 1.165) is 3.57 Å². The highest BCUT2D eigenvalue weighted by Crippen LogP contribution is 2.37. The summed E-state index contributed by atoms with van der Waals surface area (Å²) in [6.45, 7) is 0. The van der Waals surface area contributed by atoms with E-state index in [1.54, 1.807) is 67.8 Å². The molecule has 34 heavy (non-hydrogen) atoms. The summed E-state index contributed by atoms with van der Waals surface area (Å²) >= 11 is 8.75. The number of ether oxygens (including phenoxy) is 3. The molecule has 0 bridgehead atoms. The normalized spacial score (nSPS) is 14.4. The molecule has 1 aliphatic rings. The van der Waals surface area contributed by atoms with Crippen LogP contribution in [0.5, 0.6) is 17.2 Å². The number of carbonyl (C=O) groups excluding carboxylic acids is 2. The van der Waals surface area contributed by atoms with Crippen LogP contribution in [0.25, 0.3) is 6.08 Å². The molecule has 0 aliphatic carbocycles. The molecule has 9 heteroatoms. The van der Waals surface area contributed by atoms with Gasteiger partial charge in [-0.1, -0.05) is 42.2 Å². The lowest BCUT2D eigenvalue weighted by molar-refractivity contribution is -0.113. The molecule has 1 heterocycles. The van der Waals surface area contributed by atoms with Gasteiger partial charge in [-0.05, 0) is 82.8 Å². The van der Waals surface area contributed by atoms with E-state index in [9.17, 15) is 9.59 Å². The molecule has 0 spiro atoms. The second-order valence-electron chi connectivity index (χ2n) is 6.99. The number of methoxy groups -OCH3 is 2. The van der Waals surface area contributed by atoms with Crippen LogP contribution in [0, 0.1) is 3.57 Å². The van der Waals surface area contributed by atoms with Crippen LogP contribution in [0.2, 0.25) is 0 Å². The van der Waals surface area contributed by atoms with Gasteiger partial charge < -0.3 is 14.2 Å². The van der Waals surface area contributed by atoms with Gasteiger partial charge in [-0.25, -0.2) is 4.79 Å². The topological polar surface area (TPSA) is 65.1 Å². The second-order valence-corrected chi connectivity index (χ2v) is 9.83. The summed E-state index contributed by atoms with van der Waals surface area (Å²) in [7, 11) is 3.08. The van der Waals surface area contributed by atoms with E-state index >= 15 is 0 Å². The molecule has 1 aliphatic heterocycles. The van der Waals surface area contributed by atoms with Crippen molar-refractivity contribution in [2.45, 2.75) is 0 Å². The molecule has 0 N–H and O–H groups in total. The standard InChI is InChI=1S/C25H18INO5S2/c1-30-17-10-8-16(9-11-17)27-23(28)22(34-25(27)33)14-15-7-12-20(21(13-15)31-2)32-24(29)18-5-3-4-6-19(18)26/h3-14H,1-2H3/b22-14+. The fourth-order valence-electron chi connectivity index (χ4n) is 3.21. The molecule has 0 saturated carbocycles. The number of amides is 1. The number of nitrogens with zero attached hydrogens (tertiary/aromatic N) is 1. The summed E-state index contributed by atoms with van der Waals surface area (Å²) in [5, 5.41) is 0. The van der Waals surface area contributed by atoms with Crippen LogP contribution in [-0.2, 0) is 4.79 Å². The molecule has 0 aromatic heterocycles. The first-order valence-corrected chi connectivity index (χ1v) is 12.3. The van der Waals surface area contributed by atoms with Crippen molar-refractivity contribution in [2.75, 3.05) is 19.1 Å². The predicted octanol–water partition coefficient (Wildman–Crippen LogP) is 5.93. The minimum atomic E-state index is -0.476. The van der Waals surface area contributed by atoms with Gasteiger partial charge in [0.1, 0.15) is 5.75 Å². The van der Waals surface area contributed by atoms with Gasteiger partial charge in [-0.3, -0.25) is 9.69 Å². The fraction of sp³-hybridized carbons (Fsp3) is 0.0800. The van der Waals surface area contributed by atoms with Gasteiger partial charge in [0.05, 0.1) is 30.4 Å². The highest BCUT2D eigenvalue weighted by molar-refractivity contribution is 14.1. The van der Waals surface area contributed by atoms with Crippen molar-refractivity contribution < 1.29 is 23.8 Å². The summed E-state index contributed by atoms with van der Waals surface area (Å²) < 4.78 is 17.4. The number of halogens is 1. The van der Waals surface area contributed by atoms with E-state index in [-0.39, 0.29) is 11.7 Å². The first kappa shape index (κ1) is 24.2. The predicted molar refractivity (Wildman–Crippen MR) is 146 cm³/mol. The lowest BCUT2D eigenvalue weighted by atomic mass is 10.1. The third-order valence-corrected chi connectivity index (χ3v) is 7.15. The molecular weight excluding hydrogens is 585 g/mol. The first-order chi connectivity index (χ1) is 16.4. The van der Waals surface area contributed by atoms with E-state index in [4.69, 9.17) is 26.4 Å². The Hall–Kier alpha value is -2.89. The maximum absolute atomic E-state index is 13.0. The molecule has 172 valence electrons. The van der Waals surface area contributed by atoms with Crippen LogP contribution >= 0.6 is 46.6 Å². The van der Waals surface area contributed by atoms with Crippen LogP contribution in [0.4, 0.5) is 5.69 Å². The van der Waals surface area contributed by atoms with Crippen molar-refractivity contribution in [1.29, 1.82) is 0 Å². The van der Waals surface area contributed by atoms with Crippen LogP contribution in [0.3, 0.4) is 0 Å². The zero-order valence-electron chi connectivity index (χ0n) is 18.1. The van der Waals surface area contributed by atoms with Gasteiger partial charge in [-0.15, -0.1) is 0 Å². The van der Waals surface area contributed by atoms with Crippen LogP contribution < -0.4 is 19.1 Å². The van der Waals surface area contributed by atoms with E-state index in [1.807, 2.05) is 12.1 Å². The molecule has 3 aromatic rings. The highest BCUT2D eigenvalue weighted by Gasteiger charge is 2.33. The highest BCUT2D eigenvalue weighted by atomic mass is 127. The summed E-state index contributed by atoms with van der Waals surface area (Å²) in [5.41, 5.74) is 1.85. The number of thiocarbonyl (C=S) groups is 1. The molecule has 0 radical (unpaired) electrons. The molecule has 4 rings (SSSR count). The number of esters is 1. The third-order valence-electron chi connectivity index (χ3n) is 4.91. The van der Waals surface area contributed by atoms with Crippen molar-refractivity contribution in [3.63, 3.8) is 0 Å². The summed E-state index contributed by atoms with van der Waals surface area (Å²) in [6, 6.07) is 19.4. The van der Waals surface area contributed by atoms with Gasteiger partial charge in [0, 0.05) is 3.57 Å². The van der Waals surface area contributed by atoms with Crippen LogP contribution in [-0.4, -0.2) is 30.4 Å². The number of carbonyl (C=O) groups is 2. The zero-order chi connectivity index (χ0) is 24.2. The Balaban J connectivity index is 1.56. The van der Waals surface area contributed by atoms with Gasteiger partial charge in [0.15, 0.2) is 15.8 Å². The molecule has 3 aromatic carbocycles. The smallest absolute Gasteiger partial charge is 0.344 e. The monoisotopic (exact) mass is 603 g/mol. The molecule has 1 fully saturated rings. The van der Waals surface area contributed by atoms with Crippen molar-refractivity contribution in [1.82, 2.24) is 0 Å². The third kappa shape index (κ3) is 5.11. The van der Waals surface area contributed by atoms with Crippen LogP contribution in [0.15, 0.2) is 71.6 Å². The molecular formula is C25H18INO5S2. The Labute approximate surface area is 220 Å². The van der Waals surface area contributed by atoms with E-state index < -0.39 is 5.97 Å². The van der Waals surface area contributed by atoms with Crippen LogP contribution in [0.1, 0.15) is 15.9 Å². The first-order valence-electron chi connectivity index (χ1n) is 9.98. The Morgan fingerprint density at radius 3 is 2.41 bits per heavy atom. The maximum atomic E-state index is 13.0.